The van der Waals surface area contributed by atoms with E-state index in [0.717, 1.165) is 25.9 Å². The van der Waals surface area contributed by atoms with Gasteiger partial charge < -0.3 is 5.32 Å². The molecule has 0 aromatic heterocycles. The summed E-state index contributed by atoms with van der Waals surface area (Å²) in [6, 6.07) is 6.60. The minimum absolute atomic E-state index is 0. The zero-order valence-electron chi connectivity index (χ0n) is 11.9. The lowest BCUT2D eigenvalue weighted by Crippen LogP contribution is -2.26. The van der Waals surface area contributed by atoms with Crippen LogP contribution in [-0.4, -0.2) is 28.1 Å². The van der Waals surface area contributed by atoms with Crippen LogP contribution < -0.4 is 10.0 Å². The Hall–Kier alpha value is -1.13. The lowest BCUT2D eigenvalue weighted by atomic mass is 10.1. The van der Waals surface area contributed by atoms with Crippen LogP contribution in [0.25, 0.3) is 0 Å². The van der Waals surface area contributed by atoms with E-state index in [1.807, 2.05) is 6.07 Å². The van der Waals surface area contributed by atoms with Gasteiger partial charge in [0, 0.05) is 6.54 Å². The molecule has 1 heterocycles. The van der Waals surface area contributed by atoms with E-state index in [2.05, 4.69) is 10.0 Å². The van der Waals surface area contributed by atoms with Crippen molar-refractivity contribution in [3.8, 4) is 6.07 Å². The number of hydrogen-bond donors (Lipinski definition) is 2. The van der Waals surface area contributed by atoms with Crippen molar-refractivity contribution in [2.75, 3.05) is 19.6 Å². The summed E-state index contributed by atoms with van der Waals surface area (Å²) >= 11 is 0. The maximum Gasteiger partial charge on any atom is 0.240 e. The molecule has 21 heavy (non-hydrogen) atoms. The average Bonchev–Trinajstić information content (AvgIpc) is 2.91. The van der Waals surface area contributed by atoms with E-state index in [0.29, 0.717) is 23.6 Å². The third kappa shape index (κ3) is 4.68. The molecule has 0 amide bonds. The smallest absolute Gasteiger partial charge is 0.240 e. The van der Waals surface area contributed by atoms with Gasteiger partial charge in [0.05, 0.1) is 16.5 Å². The van der Waals surface area contributed by atoms with Gasteiger partial charge >= 0.3 is 0 Å². The minimum Gasteiger partial charge on any atom is -0.316 e. The van der Waals surface area contributed by atoms with Gasteiger partial charge in [-0.15, -0.1) is 12.4 Å². The van der Waals surface area contributed by atoms with Crippen LogP contribution in [0.15, 0.2) is 23.1 Å². The van der Waals surface area contributed by atoms with Gasteiger partial charge in [0.2, 0.25) is 10.0 Å². The molecule has 0 radical (unpaired) electrons. The zero-order valence-corrected chi connectivity index (χ0v) is 13.6. The van der Waals surface area contributed by atoms with Gasteiger partial charge in [0.1, 0.15) is 0 Å². The van der Waals surface area contributed by atoms with Gasteiger partial charge in [0.25, 0.3) is 0 Å². The predicted molar refractivity (Wildman–Crippen MR) is 83.9 cm³/mol. The molecule has 1 saturated heterocycles. The molecule has 0 spiro atoms. The topological polar surface area (TPSA) is 82.0 Å². The molecule has 0 bridgehead atoms. The van der Waals surface area contributed by atoms with E-state index >= 15 is 0 Å². The Morgan fingerprint density at radius 1 is 1.48 bits per heavy atom. The van der Waals surface area contributed by atoms with Crippen molar-refractivity contribution in [3.05, 3.63) is 29.3 Å². The number of nitrogens with zero attached hydrogens (tertiary/aromatic N) is 1. The maximum atomic E-state index is 12.1. The normalized spacial score (nSPS) is 18.0. The highest BCUT2D eigenvalue weighted by molar-refractivity contribution is 7.89. The number of nitriles is 1. The standard InChI is InChI=1S/C14H19N3O2S.ClH/c1-11-8-14(3-2-13(11)9-15)20(18,19)17-7-5-12-4-6-16-10-12;/h2-3,8,12,16-17H,4-7,10H2,1H3;1H. The van der Waals surface area contributed by atoms with E-state index in [-0.39, 0.29) is 17.3 Å². The quantitative estimate of drug-likeness (QED) is 0.859. The number of benzene rings is 1. The molecular formula is C14H20ClN3O2S. The highest BCUT2D eigenvalue weighted by Gasteiger charge is 2.18. The van der Waals surface area contributed by atoms with E-state index in [9.17, 15) is 8.42 Å². The van der Waals surface area contributed by atoms with Crippen LogP contribution in [0.4, 0.5) is 0 Å². The molecular weight excluding hydrogens is 310 g/mol. The molecule has 116 valence electrons. The molecule has 2 rings (SSSR count). The maximum absolute atomic E-state index is 12.1. The molecule has 1 fully saturated rings. The van der Waals surface area contributed by atoms with Gasteiger partial charge in [-0.1, -0.05) is 0 Å². The van der Waals surface area contributed by atoms with Crippen molar-refractivity contribution in [2.24, 2.45) is 5.92 Å². The molecule has 5 nitrogen and oxygen atoms in total. The highest BCUT2D eigenvalue weighted by Crippen LogP contribution is 2.16. The van der Waals surface area contributed by atoms with Crippen molar-refractivity contribution >= 4 is 22.4 Å². The fourth-order valence-corrected chi connectivity index (χ4v) is 3.50. The number of nitrogens with one attached hydrogen (secondary N) is 2. The van der Waals surface area contributed by atoms with Crippen LogP contribution >= 0.6 is 12.4 Å². The van der Waals surface area contributed by atoms with Crippen molar-refractivity contribution in [1.29, 1.82) is 5.26 Å². The number of rotatable bonds is 5. The SMILES string of the molecule is Cc1cc(S(=O)(=O)NCCC2CCNC2)ccc1C#N.Cl. The second kappa shape index (κ2) is 7.76. The summed E-state index contributed by atoms with van der Waals surface area (Å²) in [5.41, 5.74) is 1.18. The van der Waals surface area contributed by atoms with Crippen LogP contribution in [0.1, 0.15) is 24.0 Å². The third-order valence-corrected chi connectivity index (χ3v) is 5.09. The van der Waals surface area contributed by atoms with Crippen LogP contribution in [0, 0.1) is 24.2 Å². The van der Waals surface area contributed by atoms with Crippen molar-refractivity contribution in [3.63, 3.8) is 0 Å². The Morgan fingerprint density at radius 2 is 2.24 bits per heavy atom. The first-order valence-electron chi connectivity index (χ1n) is 6.74. The zero-order chi connectivity index (χ0) is 14.6. The molecule has 0 aliphatic carbocycles. The molecule has 1 aromatic rings. The number of halogens is 1. The van der Waals surface area contributed by atoms with Gasteiger partial charge in [0.15, 0.2) is 0 Å². The molecule has 2 N–H and O–H groups in total. The summed E-state index contributed by atoms with van der Waals surface area (Å²) in [7, 11) is -3.48. The second-order valence-electron chi connectivity index (χ2n) is 5.13. The Morgan fingerprint density at radius 3 is 2.81 bits per heavy atom. The number of sulfonamides is 1. The van der Waals surface area contributed by atoms with Crippen LogP contribution in [0.5, 0.6) is 0 Å². The summed E-state index contributed by atoms with van der Waals surface area (Å²) in [5.74, 6) is 0.556. The highest BCUT2D eigenvalue weighted by atomic mass is 35.5. The Labute approximate surface area is 132 Å². The summed E-state index contributed by atoms with van der Waals surface area (Å²) < 4.78 is 26.9. The second-order valence-corrected chi connectivity index (χ2v) is 6.90. The third-order valence-electron chi connectivity index (χ3n) is 3.64. The first kappa shape index (κ1) is 17.9. The summed E-state index contributed by atoms with van der Waals surface area (Å²) in [6.07, 6.45) is 1.96. The average molecular weight is 330 g/mol. The fourth-order valence-electron chi connectivity index (χ4n) is 2.37. The van der Waals surface area contributed by atoms with Crippen molar-refractivity contribution < 1.29 is 8.42 Å². The Balaban J connectivity index is 0.00000220. The minimum atomic E-state index is -3.48. The Kier molecular flexibility index (Phi) is 6.62. The lowest BCUT2D eigenvalue weighted by molar-refractivity contribution is 0.519. The predicted octanol–water partition coefficient (Wildman–Crippen LogP) is 1.57. The van der Waals surface area contributed by atoms with E-state index in [1.165, 1.54) is 12.1 Å². The van der Waals surface area contributed by atoms with Crippen LogP contribution in [0.3, 0.4) is 0 Å². The van der Waals surface area contributed by atoms with Gasteiger partial charge in [-0.25, -0.2) is 13.1 Å². The molecule has 0 saturated carbocycles. The fraction of sp³-hybridized carbons (Fsp3) is 0.500. The number of hydrogen-bond acceptors (Lipinski definition) is 4. The van der Waals surface area contributed by atoms with E-state index in [1.54, 1.807) is 13.0 Å². The molecule has 1 unspecified atom stereocenters. The van der Waals surface area contributed by atoms with Crippen LogP contribution in [-0.2, 0) is 10.0 Å². The van der Waals surface area contributed by atoms with Crippen LogP contribution in [0.2, 0.25) is 0 Å². The molecule has 1 atom stereocenters. The summed E-state index contributed by atoms with van der Waals surface area (Å²) in [4.78, 5) is 0.221. The van der Waals surface area contributed by atoms with Crippen molar-refractivity contribution in [2.45, 2.75) is 24.7 Å². The molecule has 7 heteroatoms. The van der Waals surface area contributed by atoms with Gasteiger partial charge in [-0.3, -0.25) is 0 Å². The van der Waals surface area contributed by atoms with E-state index < -0.39 is 10.0 Å². The first-order valence-corrected chi connectivity index (χ1v) is 8.22. The molecule has 1 aromatic carbocycles. The van der Waals surface area contributed by atoms with Crippen molar-refractivity contribution in [1.82, 2.24) is 10.0 Å². The molecule has 1 aliphatic heterocycles. The molecule has 1 aliphatic rings. The van der Waals surface area contributed by atoms with Gasteiger partial charge in [-0.2, -0.15) is 5.26 Å². The first-order chi connectivity index (χ1) is 9.53. The Bertz CT molecular complexity index is 620. The monoisotopic (exact) mass is 329 g/mol. The van der Waals surface area contributed by atoms with Gasteiger partial charge in [-0.05, 0) is 62.5 Å². The number of aryl methyl sites for hydroxylation is 1. The summed E-state index contributed by atoms with van der Waals surface area (Å²) in [5, 5.41) is 12.1. The summed E-state index contributed by atoms with van der Waals surface area (Å²) in [6.45, 7) is 4.18. The van der Waals surface area contributed by atoms with E-state index in [4.69, 9.17) is 5.26 Å². The lowest BCUT2D eigenvalue weighted by Gasteiger charge is -2.10. The largest absolute Gasteiger partial charge is 0.316 e.